The van der Waals surface area contributed by atoms with Gasteiger partial charge in [-0.05, 0) is 62.2 Å². The predicted octanol–water partition coefficient (Wildman–Crippen LogP) is 7.53. The van der Waals surface area contributed by atoms with Crippen LogP contribution in [-0.4, -0.2) is 18.6 Å². The second-order valence-electron chi connectivity index (χ2n) is 9.09. The Morgan fingerprint density at radius 2 is 1.79 bits per heavy atom. The summed E-state index contributed by atoms with van der Waals surface area (Å²) in [7, 11) is 0. The Kier molecular flexibility index (Phi) is 7.27. The first-order chi connectivity index (χ1) is 13.3. The molecule has 3 rings (SSSR count). The van der Waals surface area contributed by atoms with Gasteiger partial charge < -0.3 is 4.74 Å². The van der Waals surface area contributed by atoms with Gasteiger partial charge in [-0.3, -0.25) is 0 Å². The molecule has 160 valence electrons. The first-order valence-corrected chi connectivity index (χ1v) is 11.1. The van der Waals surface area contributed by atoms with Gasteiger partial charge in [0.2, 0.25) is 0 Å². The van der Waals surface area contributed by atoms with Crippen LogP contribution in [0.25, 0.3) is 0 Å². The fourth-order valence-corrected chi connectivity index (χ4v) is 5.13. The molecule has 3 aliphatic rings. The van der Waals surface area contributed by atoms with Crippen LogP contribution >= 0.6 is 0 Å². The number of alkyl halides is 4. The molecular weight excluding hydrogens is 368 g/mol. The molecule has 1 saturated carbocycles. The minimum absolute atomic E-state index is 0.0624. The fourth-order valence-electron chi connectivity index (χ4n) is 5.13. The molecule has 3 unspecified atom stereocenters. The molecule has 0 aromatic heterocycles. The Morgan fingerprint density at radius 1 is 1.07 bits per heavy atom. The first kappa shape index (κ1) is 21.9. The molecule has 0 aromatic carbocycles. The van der Waals surface area contributed by atoms with Crippen LogP contribution < -0.4 is 0 Å². The van der Waals surface area contributed by atoms with Gasteiger partial charge in [-0.15, -0.1) is 0 Å². The van der Waals surface area contributed by atoms with Crippen LogP contribution in [0.2, 0.25) is 0 Å². The van der Waals surface area contributed by atoms with Gasteiger partial charge in [-0.25, -0.2) is 4.39 Å². The van der Waals surface area contributed by atoms with Gasteiger partial charge in [-0.2, -0.15) is 13.2 Å². The van der Waals surface area contributed by atoms with Crippen molar-refractivity contribution in [3.8, 4) is 0 Å². The molecule has 1 heterocycles. The third-order valence-corrected chi connectivity index (χ3v) is 7.07. The number of rotatable bonds is 6. The van der Waals surface area contributed by atoms with Crippen LogP contribution in [0.3, 0.4) is 0 Å². The van der Waals surface area contributed by atoms with Crippen molar-refractivity contribution in [3.05, 3.63) is 23.8 Å². The Morgan fingerprint density at radius 3 is 2.32 bits per heavy atom. The van der Waals surface area contributed by atoms with Crippen molar-refractivity contribution in [1.29, 1.82) is 0 Å². The number of hydrogen-bond donors (Lipinski definition) is 0. The highest BCUT2D eigenvalue weighted by atomic mass is 19.4. The van der Waals surface area contributed by atoms with E-state index in [4.69, 9.17) is 0 Å². The molecule has 0 bridgehead atoms. The van der Waals surface area contributed by atoms with E-state index in [2.05, 4.69) is 29.9 Å². The molecule has 0 spiro atoms. The van der Waals surface area contributed by atoms with Gasteiger partial charge in [0, 0.05) is 6.42 Å². The van der Waals surface area contributed by atoms with E-state index in [9.17, 15) is 17.6 Å². The Hall–Kier alpha value is -0.840. The zero-order valence-electron chi connectivity index (χ0n) is 16.9. The van der Waals surface area contributed by atoms with E-state index in [1.165, 1.54) is 50.5 Å². The molecule has 1 aliphatic heterocycles. The molecule has 1 nitrogen and oxygen atoms in total. The van der Waals surface area contributed by atoms with Crippen LogP contribution in [0.5, 0.6) is 0 Å². The van der Waals surface area contributed by atoms with Crippen molar-refractivity contribution in [1.82, 2.24) is 0 Å². The molecule has 0 aromatic rings. The SMILES string of the molecule is CCCC1=CCC(C2CCC(CCC3CCC(F)(C(F)(F)F)OC3)CC2)C=C1. The van der Waals surface area contributed by atoms with Crippen molar-refractivity contribution in [3.63, 3.8) is 0 Å². The standard InChI is InChI=1S/C23H34F4O/c1-2-3-17-6-10-20(11-7-17)21-12-8-18(9-13-21)4-5-19-14-15-22(24,28-16-19)23(25,26)27/h6-7,10,18-21H,2-5,8-9,11-16H2,1H3. The second kappa shape index (κ2) is 9.32. The molecule has 0 radical (unpaired) electrons. The van der Waals surface area contributed by atoms with Crippen molar-refractivity contribution in [2.75, 3.05) is 6.61 Å². The molecule has 3 atom stereocenters. The van der Waals surface area contributed by atoms with Crippen molar-refractivity contribution in [2.45, 2.75) is 89.6 Å². The highest BCUT2D eigenvalue weighted by Crippen LogP contribution is 2.44. The molecule has 1 saturated heterocycles. The summed E-state index contributed by atoms with van der Waals surface area (Å²) in [6.45, 7) is 2.11. The van der Waals surface area contributed by atoms with Crippen LogP contribution in [-0.2, 0) is 4.74 Å². The molecular formula is C23H34F4O. The third kappa shape index (κ3) is 5.40. The fraction of sp³-hybridized carbons (Fsp3) is 0.826. The van der Waals surface area contributed by atoms with E-state index < -0.39 is 18.5 Å². The summed E-state index contributed by atoms with van der Waals surface area (Å²) in [6, 6.07) is 0. The van der Waals surface area contributed by atoms with Gasteiger partial charge in [-0.1, -0.05) is 56.4 Å². The monoisotopic (exact) mass is 402 g/mol. The normalized spacial score (nSPS) is 37.0. The minimum atomic E-state index is -4.92. The molecule has 2 fully saturated rings. The summed E-state index contributed by atoms with van der Waals surface area (Å²) >= 11 is 0. The quantitative estimate of drug-likeness (QED) is 0.417. The van der Waals surface area contributed by atoms with Gasteiger partial charge in [0.25, 0.3) is 0 Å². The minimum Gasteiger partial charge on any atom is -0.339 e. The maximum atomic E-state index is 13.8. The van der Waals surface area contributed by atoms with Gasteiger partial charge in [0.1, 0.15) is 0 Å². The number of hydrogen-bond acceptors (Lipinski definition) is 1. The lowest BCUT2D eigenvalue weighted by molar-refractivity contribution is -0.349. The van der Waals surface area contributed by atoms with E-state index in [1.807, 2.05) is 0 Å². The van der Waals surface area contributed by atoms with Crippen molar-refractivity contribution < 1.29 is 22.3 Å². The Labute approximate surface area is 166 Å². The van der Waals surface area contributed by atoms with E-state index in [0.717, 1.165) is 18.8 Å². The summed E-state index contributed by atoms with van der Waals surface area (Å²) < 4.78 is 56.4. The van der Waals surface area contributed by atoms with E-state index >= 15 is 0 Å². The smallest absolute Gasteiger partial charge is 0.339 e. The summed E-state index contributed by atoms with van der Waals surface area (Å²) in [5.74, 6) is -1.26. The Balaban J connectivity index is 1.34. The third-order valence-electron chi connectivity index (χ3n) is 7.07. The van der Waals surface area contributed by atoms with E-state index in [-0.39, 0.29) is 18.9 Å². The number of ether oxygens (including phenoxy) is 1. The molecule has 28 heavy (non-hydrogen) atoms. The second-order valence-corrected chi connectivity index (χ2v) is 9.09. The molecule has 0 amide bonds. The summed E-state index contributed by atoms with van der Waals surface area (Å²) in [5, 5.41) is 0. The number of allylic oxidation sites excluding steroid dienone is 4. The zero-order valence-corrected chi connectivity index (χ0v) is 16.9. The topological polar surface area (TPSA) is 9.23 Å². The van der Waals surface area contributed by atoms with Crippen LogP contribution in [0, 0.1) is 23.7 Å². The van der Waals surface area contributed by atoms with E-state index in [1.54, 1.807) is 0 Å². The summed E-state index contributed by atoms with van der Waals surface area (Å²) in [6.07, 6.45) is 12.3. The average molecular weight is 403 g/mol. The lowest BCUT2D eigenvalue weighted by Crippen LogP contribution is -2.47. The van der Waals surface area contributed by atoms with Gasteiger partial charge in [0.15, 0.2) is 0 Å². The maximum absolute atomic E-state index is 13.8. The van der Waals surface area contributed by atoms with Gasteiger partial charge >= 0.3 is 12.0 Å². The van der Waals surface area contributed by atoms with Crippen molar-refractivity contribution in [2.24, 2.45) is 23.7 Å². The van der Waals surface area contributed by atoms with Crippen molar-refractivity contribution >= 4 is 0 Å². The average Bonchev–Trinajstić information content (AvgIpc) is 2.68. The molecule has 0 N–H and O–H groups in total. The van der Waals surface area contributed by atoms with Crippen LogP contribution in [0.15, 0.2) is 23.8 Å². The predicted molar refractivity (Wildman–Crippen MR) is 103 cm³/mol. The molecule has 2 aliphatic carbocycles. The Bertz CT molecular complexity index is 549. The molecule has 5 heteroatoms. The summed E-state index contributed by atoms with van der Waals surface area (Å²) in [5.41, 5.74) is 1.48. The van der Waals surface area contributed by atoms with E-state index in [0.29, 0.717) is 11.8 Å². The van der Waals surface area contributed by atoms with Crippen LogP contribution in [0.4, 0.5) is 17.6 Å². The lowest BCUT2D eigenvalue weighted by atomic mass is 9.72. The maximum Gasteiger partial charge on any atom is 0.448 e. The van der Waals surface area contributed by atoms with Gasteiger partial charge in [0.05, 0.1) is 6.61 Å². The first-order valence-electron chi connectivity index (χ1n) is 11.1. The largest absolute Gasteiger partial charge is 0.448 e. The lowest BCUT2D eigenvalue weighted by Gasteiger charge is -2.36. The highest BCUT2D eigenvalue weighted by Gasteiger charge is 2.58. The van der Waals surface area contributed by atoms with Crippen LogP contribution in [0.1, 0.15) is 77.6 Å². The zero-order chi connectivity index (χ0) is 20.2. The number of halogens is 4. The summed E-state index contributed by atoms with van der Waals surface area (Å²) in [4.78, 5) is 0. The highest BCUT2D eigenvalue weighted by molar-refractivity contribution is 5.24.